The van der Waals surface area contributed by atoms with Gasteiger partial charge in [0.05, 0.1) is 13.2 Å². The molecule has 0 amide bonds. The molecule has 0 aliphatic heterocycles. The first kappa shape index (κ1) is 17.9. The Labute approximate surface area is 115 Å². The summed E-state index contributed by atoms with van der Waals surface area (Å²) >= 11 is 0. The fraction of sp³-hybridized carbons (Fsp3) is 0.857. The maximum Gasteiger partial charge on any atom is 0.320 e. The number of carbonyl (C=O) groups excluding carboxylic acids is 2. The second-order valence-corrected chi connectivity index (χ2v) is 5.38. The number of esters is 2. The molecule has 0 saturated carbocycles. The van der Waals surface area contributed by atoms with E-state index in [4.69, 9.17) is 14.2 Å². The number of rotatable bonds is 9. The number of hydrogen-bond acceptors (Lipinski definition) is 5. The molecule has 0 fully saturated rings. The average molecular weight is 274 g/mol. The Hall–Kier alpha value is -1.10. The van der Waals surface area contributed by atoms with Crippen molar-refractivity contribution in [2.45, 2.75) is 34.1 Å². The third-order valence-electron chi connectivity index (χ3n) is 2.30. The minimum Gasteiger partial charge on any atom is -0.465 e. The second kappa shape index (κ2) is 9.78. The van der Waals surface area contributed by atoms with Gasteiger partial charge in [0, 0.05) is 13.7 Å². The maximum absolute atomic E-state index is 11.9. The van der Waals surface area contributed by atoms with E-state index in [0.717, 1.165) is 0 Å². The van der Waals surface area contributed by atoms with Crippen LogP contribution in [0.2, 0.25) is 0 Å². The fourth-order valence-electron chi connectivity index (χ4n) is 1.27. The van der Waals surface area contributed by atoms with Crippen LogP contribution >= 0.6 is 0 Å². The van der Waals surface area contributed by atoms with Crippen LogP contribution < -0.4 is 0 Å². The normalized spacial score (nSPS) is 11.2. The third kappa shape index (κ3) is 8.59. The average Bonchev–Trinajstić information content (AvgIpc) is 2.34. The molecule has 5 nitrogen and oxygen atoms in total. The predicted molar refractivity (Wildman–Crippen MR) is 71.6 cm³/mol. The van der Waals surface area contributed by atoms with Crippen LogP contribution in [-0.2, 0) is 23.8 Å². The van der Waals surface area contributed by atoms with Crippen LogP contribution in [0.5, 0.6) is 0 Å². The molecule has 0 N–H and O–H groups in total. The van der Waals surface area contributed by atoms with E-state index in [1.54, 1.807) is 0 Å². The van der Waals surface area contributed by atoms with Gasteiger partial charge < -0.3 is 14.2 Å². The van der Waals surface area contributed by atoms with Gasteiger partial charge in [0.25, 0.3) is 0 Å². The zero-order valence-corrected chi connectivity index (χ0v) is 12.6. The highest BCUT2D eigenvalue weighted by molar-refractivity contribution is 5.94. The van der Waals surface area contributed by atoms with Crippen LogP contribution in [-0.4, -0.2) is 38.9 Å². The van der Waals surface area contributed by atoms with Gasteiger partial charge in [-0.25, -0.2) is 0 Å². The summed E-state index contributed by atoms with van der Waals surface area (Å²) in [6.07, 6.45) is 0.282. The Balaban J connectivity index is 4.42. The molecule has 0 aliphatic carbocycles. The lowest BCUT2D eigenvalue weighted by Gasteiger charge is -2.16. The van der Waals surface area contributed by atoms with Gasteiger partial charge in [0.15, 0.2) is 5.92 Å². The molecule has 5 heteroatoms. The van der Waals surface area contributed by atoms with E-state index < -0.39 is 17.9 Å². The molecular weight excluding hydrogens is 248 g/mol. The quantitative estimate of drug-likeness (QED) is 0.475. The Kier molecular flexibility index (Phi) is 9.21. The van der Waals surface area contributed by atoms with Crippen molar-refractivity contribution in [2.75, 3.05) is 26.9 Å². The summed E-state index contributed by atoms with van der Waals surface area (Å²) in [6, 6.07) is 0. The minimum absolute atomic E-state index is 0.235. The molecule has 0 unspecified atom stereocenters. The van der Waals surface area contributed by atoms with E-state index in [0.29, 0.717) is 19.8 Å². The first-order chi connectivity index (χ1) is 8.88. The van der Waals surface area contributed by atoms with E-state index in [-0.39, 0.29) is 18.3 Å². The van der Waals surface area contributed by atoms with Gasteiger partial charge in [-0.2, -0.15) is 0 Å². The van der Waals surface area contributed by atoms with Gasteiger partial charge in [0.2, 0.25) is 0 Å². The smallest absolute Gasteiger partial charge is 0.320 e. The van der Waals surface area contributed by atoms with Crippen LogP contribution in [0.4, 0.5) is 0 Å². The van der Waals surface area contributed by atoms with Crippen molar-refractivity contribution < 1.29 is 23.8 Å². The summed E-state index contributed by atoms with van der Waals surface area (Å²) in [5.41, 5.74) is 0. The first-order valence-electron chi connectivity index (χ1n) is 6.70. The molecule has 112 valence electrons. The Bertz CT molecular complexity index is 249. The molecule has 0 spiro atoms. The number of hydrogen-bond donors (Lipinski definition) is 0. The summed E-state index contributed by atoms with van der Waals surface area (Å²) < 4.78 is 15.1. The summed E-state index contributed by atoms with van der Waals surface area (Å²) in [6.45, 7) is 8.68. The second-order valence-electron chi connectivity index (χ2n) is 5.38. The Morgan fingerprint density at radius 1 is 0.895 bits per heavy atom. The van der Waals surface area contributed by atoms with Gasteiger partial charge in [0.1, 0.15) is 0 Å². The molecule has 0 aliphatic rings. The molecule has 0 saturated heterocycles. The lowest BCUT2D eigenvalue weighted by molar-refractivity contribution is -0.164. The molecule has 0 rings (SSSR count). The van der Waals surface area contributed by atoms with Crippen LogP contribution in [0.3, 0.4) is 0 Å². The van der Waals surface area contributed by atoms with Crippen molar-refractivity contribution in [3.8, 4) is 0 Å². The summed E-state index contributed by atoms with van der Waals surface area (Å²) in [5, 5.41) is 0. The van der Waals surface area contributed by atoms with Gasteiger partial charge >= 0.3 is 11.9 Å². The van der Waals surface area contributed by atoms with E-state index in [1.807, 2.05) is 27.7 Å². The van der Waals surface area contributed by atoms with Gasteiger partial charge in [-0.05, 0) is 18.3 Å². The number of carbonyl (C=O) groups is 2. The van der Waals surface area contributed by atoms with Crippen molar-refractivity contribution in [2.24, 2.45) is 17.8 Å². The number of ether oxygens (including phenoxy) is 3. The molecule has 0 aromatic carbocycles. The monoisotopic (exact) mass is 274 g/mol. The van der Waals surface area contributed by atoms with Crippen molar-refractivity contribution >= 4 is 11.9 Å². The Morgan fingerprint density at radius 3 is 1.63 bits per heavy atom. The zero-order chi connectivity index (χ0) is 14.8. The fourth-order valence-corrected chi connectivity index (χ4v) is 1.27. The standard InChI is InChI=1S/C14H26O5/c1-10(2)8-18-13(15)12(6-7-17-5)14(16)19-9-11(3)4/h10-12H,6-9H2,1-5H3. The maximum atomic E-state index is 11.9. The zero-order valence-electron chi connectivity index (χ0n) is 12.6. The van der Waals surface area contributed by atoms with Crippen LogP contribution in [0.25, 0.3) is 0 Å². The molecule has 0 aromatic heterocycles. The SMILES string of the molecule is COCCC(C(=O)OCC(C)C)C(=O)OCC(C)C. The largest absolute Gasteiger partial charge is 0.465 e. The molecule has 19 heavy (non-hydrogen) atoms. The summed E-state index contributed by atoms with van der Waals surface area (Å²) in [4.78, 5) is 23.7. The molecule has 0 bridgehead atoms. The van der Waals surface area contributed by atoms with Crippen molar-refractivity contribution in [1.82, 2.24) is 0 Å². The van der Waals surface area contributed by atoms with Crippen LogP contribution in [0.15, 0.2) is 0 Å². The van der Waals surface area contributed by atoms with Gasteiger partial charge in [-0.1, -0.05) is 27.7 Å². The highest BCUT2D eigenvalue weighted by atomic mass is 16.6. The van der Waals surface area contributed by atoms with Crippen molar-refractivity contribution in [3.63, 3.8) is 0 Å². The van der Waals surface area contributed by atoms with E-state index in [2.05, 4.69) is 0 Å². The molecular formula is C14H26O5. The highest BCUT2D eigenvalue weighted by Crippen LogP contribution is 2.11. The lowest BCUT2D eigenvalue weighted by Crippen LogP contribution is -2.30. The molecule has 0 aromatic rings. The predicted octanol–water partition coefficient (Wildman–Crippen LogP) is 2.04. The van der Waals surface area contributed by atoms with E-state index in [1.165, 1.54) is 7.11 Å². The van der Waals surface area contributed by atoms with Crippen molar-refractivity contribution in [3.05, 3.63) is 0 Å². The van der Waals surface area contributed by atoms with Gasteiger partial charge in [-0.15, -0.1) is 0 Å². The highest BCUT2D eigenvalue weighted by Gasteiger charge is 2.29. The van der Waals surface area contributed by atoms with E-state index in [9.17, 15) is 9.59 Å². The number of methoxy groups -OCH3 is 1. The van der Waals surface area contributed by atoms with E-state index >= 15 is 0 Å². The molecule has 0 radical (unpaired) electrons. The minimum atomic E-state index is -0.891. The Morgan fingerprint density at radius 2 is 1.32 bits per heavy atom. The summed E-state index contributed by atoms with van der Waals surface area (Å²) in [7, 11) is 1.52. The third-order valence-corrected chi connectivity index (χ3v) is 2.30. The van der Waals surface area contributed by atoms with Crippen LogP contribution in [0.1, 0.15) is 34.1 Å². The van der Waals surface area contributed by atoms with Crippen molar-refractivity contribution in [1.29, 1.82) is 0 Å². The first-order valence-corrected chi connectivity index (χ1v) is 6.70. The molecule has 0 heterocycles. The van der Waals surface area contributed by atoms with Gasteiger partial charge in [-0.3, -0.25) is 9.59 Å². The van der Waals surface area contributed by atoms with Crippen LogP contribution in [0, 0.1) is 17.8 Å². The lowest BCUT2D eigenvalue weighted by atomic mass is 10.1. The molecule has 0 atom stereocenters. The topological polar surface area (TPSA) is 61.8 Å². The summed E-state index contributed by atoms with van der Waals surface area (Å²) in [5.74, 6) is -1.48.